The predicted octanol–water partition coefficient (Wildman–Crippen LogP) is 1.76. The minimum atomic E-state index is 0.406. The lowest BCUT2D eigenvalue weighted by Crippen LogP contribution is -1.95. The molecule has 0 spiro atoms. The molecule has 0 aliphatic carbocycles. The summed E-state index contributed by atoms with van der Waals surface area (Å²) in [6.07, 6.45) is 4.76. The number of aromatic nitrogens is 4. The fourth-order valence-electron chi connectivity index (χ4n) is 0.862. The highest BCUT2D eigenvalue weighted by Gasteiger charge is 2.08. The van der Waals surface area contributed by atoms with Gasteiger partial charge in [0, 0.05) is 12.4 Å². The van der Waals surface area contributed by atoms with Crippen molar-refractivity contribution in [2.24, 2.45) is 0 Å². The number of hydrogen-bond donors (Lipinski definition) is 1. The highest BCUT2D eigenvalue weighted by atomic mass is 79.9. The van der Waals surface area contributed by atoms with E-state index in [-0.39, 0.29) is 0 Å². The van der Waals surface area contributed by atoms with Crippen molar-refractivity contribution in [3.05, 3.63) is 29.3 Å². The SMILES string of the molecule is Nc1ncnc(Sc2ncccn2)c1Br. The van der Waals surface area contributed by atoms with Crippen LogP contribution < -0.4 is 5.73 Å². The van der Waals surface area contributed by atoms with E-state index < -0.39 is 0 Å². The van der Waals surface area contributed by atoms with Crippen LogP contribution in [-0.2, 0) is 0 Å². The summed E-state index contributed by atoms with van der Waals surface area (Å²) in [6.45, 7) is 0. The summed E-state index contributed by atoms with van der Waals surface area (Å²) in [5.41, 5.74) is 5.62. The zero-order valence-corrected chi connectivity index (χ0v) is 9.86. The minimum Gasteiger partial charge on any atom is -0.383 e. The number of rotatable bonds is 2. The van der Waals surface area contributed by atoms with Gasteiger partial charge in [-0.05, 0) is 33.8 Å². The first-order chi connectivity index (χ1) is 7.27. The first-order valence-electron chi connectivity index (χ1n) is 3.98. The highest BCUT2D eigenvalue weighted by Crippen LogP contribution is 2.31. The minimum absolute atomic E-state index is 0.406. The molecule has 5 nitrogen and oxygen atoms in total. The topological polar surface area (TPSA) is 77.6 Å². The molecule has 0 aliphatic heterocycles. The molecule has 0 atom stereocenters. The Kier molecular flexibility index (Phi) is 3.12. The smallest absolute Gasteiger partial charge is 0.193 e. The average Bonchev–Trinajstić information content (AvgIpc) is 2.26. The number of halogens is 1. The molecule has 0 saturated heterocycles. The van der Waals surface area contributed by atoms with Crippen LogP contribution in [0.1, 0.15) is 0 Å². The van der Waals surface area contributed by atoms with Crippen LogP contribution in [-0.4, -0.2) is 19.9 Å². The van der Waals surface area contributed by atoms with Crippen molar-refractivity contribution in [1.82, 2.24) is 19.9 Å². The lowest BCUT2D eigenvalue weighted by atomic mass is 10.6. The summed E-state index contributed by atoms with van der Waals surface area (Å²) in [4.78, 5) is 16.1. The van der Waals surface area contributed by atoms with Crippen LogP contribution in [0.15, 0.2) is 39.4 Å². The molecule has 0 unspecified atom stereocenters. The molecule has 7 heteroatoms. The molecule has 0 bridgehead atoms. The van der Waals surface area contributed by atoms with Crippen molar-refractivity contribution in [3.63, 3.8) is 0 Å². The van der Waals surface area contributed by atoms with Crippen molar-refractivity contribution in [3.8, 4) is 0 Å². The summed E-state index contributed by atoms with van der Waals surface area (Å²) < 4.78 is 0.669. The molecule has 2 heterocycles. The van der Waals surface area contributed by atoms with Crippen molar-refractivity contribution in [2.75, 3.05) is 5.73 Å². The Hall–Kier alpha value is -1.21. The third kappa shape index (κ3) is 2.42. The molecule has 0 aromatic carbocycles. The van der Waals surface area contributed by atoms with Gasteiger partial charge in [0.25, 0.3) is 0 Å². The Morgan fingerprint density at radius 1 is 1.13 bits per heavy atom. The highest BCUT2D eigenvalue weighted by molar-refractivity contribution is 9.10. The lowest BCUT2D eigenvalue weighted by Gasteiger charge is -2.02. The van der Waals surface area contributed by atoms with E-state index in [1.165, 1.54) is 18.1 Å². The summed E-state index contributed by atoms with van der Waals surface area (Å²) in [5, 5.41) is 1.32. The standard InChI is InChI=1S/C8H6BrN5S/c9-5-6(10)13-4-14-7(5)15-8-11-2-1-3-12-8/h1-4H,(H2,10,13,14). The van der Waals surface area contributed by atoms with Gasteiger partial charge in [0.1, 0.15) is 17.2 Å². The Balaban J connectivity index is 2.29. The zero-order valence-electron chi connectivity index (χ0n) is 7.46. The van der Waals surface area contributed by atoms with Crippen LogP contribution in [0.25, 0.3) is 0 Å². The Bertz CT molecular complexity index is 464. The summed E-state index contributed by atoms with van der Waals surface area (Å²) >= 11 is 4.64. The third-order valence-corrected chi connectivity index (χ3v) is 3.46. The number of nitrogens with two attached hydrogens (primary N) is 1. The molecule has 76 valence electrons. The molecule has 15 heavy (non-hydrogen) atoms. The second-order valence-corrected chi connectivity index (χ2v) is 4.26. The monoisotopic (exact) mass is 283 g/mol. The van der Waals surface area contributed by atoms with Crippen molar-refractivity contribution in [2.45, 2.75) is 10.2 Å². The van der Waals surface area contributed by atoms with Crippen LogP contribution >= 0.6 is 27.7 Å². The van der Waals surface area contributed by atoms with Gasteiger partial charge in [0.05, 0.1) is 4.47 Å². The Labute approximate surface area is 98.7 Å². The molecular formula is C8H6BrN5S. The number of nitrogens with zero attached hydrogens (tertiary/aromatic N) is 4. The van der Waals surface area contributed by atoms with E-state index in [9.17, 15) is 0 Å². The molecule has 2 N–H and O–H groups in total. The molecule has 2 aromatic rings. The fraction of sp³-hybridized carbons (Fsp3) is 0. The van der Waals surface area contributed by atoms with Gasteiger partial charge in [0.15, 0.2) is 5.16 Å². The van der Waals surface area contributed by atoms with Crippen LogP contribution in [0.5, 0.6) is 0 Å². The average molecular weight is 284 g/mol. The van der Waals surface area contributed by atoms with Crippen molar-refractivity contribution in [1.29, 1.82) is 0 Å². The van der Waals surface area contributed by atoms with E-state index in [0.29, 0.717) is 20.5 Å². The predicted molar refractivity (Wildman–Crippen MR) is 60.3 cm³/mol. The van der Waals surface area contributed by atoms with E-state index in [0.717, 1.165) is 0 Å². The van der Waals surface area contributed by atoms with Crippen molar-refractivity contribution >= 4 is 33.5 Å². The Morgan fingerprint density at radius 3 is 2.60 bits per heavy atom. The van der Waals surface area contributed by atoms with Gasteiger partial charge in [-0.3, -0.25) is 0 Å². The van der Waals surface area contributed by atoms with E-state index in [4.69, 9.17) is 5.73 Å². The van der Waals surface area contributed by atoms with Crippen molar-refractivity contribution < 1.29 is 0 Å². The number of nitrogen functional groups attached to an aromatic ring is 1. The van der Waals surface area contributed by atoms with Gasteiger partial charge >= 0.3 is 0 Å². The van der Waals surface area contributed by atoms with E-state index in [2.05, 4.69) is 35.9 Å². The van der Waals surface area contributed by atoms with Gasteiger partial charge in [-0.2, -0.15) is 0 Å². The number of hydrogen-bond acceptors (Lipinski definition) is 6. The molecule has 0 amide bonds. The van der Waals surface area contributed by atoms with Crippen LogP contribution in [0.4, 0.5) is 5.82 Å². The second kappa shape index (κ2) is 4.54. The molecule has 2 rings (SSSR count). The summed E-state index contributed by atoms with van der Waals surface area (Å²) in [7, 11) is 0. The van der Waals surface area contributed by atoms with Gasteiger partial charge in [-0.25, -0.2) is 19.9 Å². The molecule has 0 aliphatic rings. The molecular weight excluding hydrogens is 278 g/mol. The Morgan fingerprint density at radius 2 is 1.87 bits per heavy atom. The normalized spacial score (nSPS) is 10.2. The van der Waals surface area contributed by atoms with E-state index in [1.54, 1.807) is 18.5 Å². The van der Waals surface area contributed by atoms with Crippen LogP contribution in [0.2, 0.25) is 0 Å². The van der Waals surface area contributed by atoms with Crippen LogP contribution in [0, 0.1) is 0 Å². The lowest BCUT2D eigenvalue weighted by molar-refractivity contribution is 0.953. The second-order valence-electron chi connectivity index (χ2n) is 2.51. The molecule has 0 fully saturated rings. The van der Waals surface area contributed by atoms with Crippen LogP contribution in [0.3, 0.4) is 0 Å². The van der Waals surface area contributed by atoms with Gasteiger partial charge in [-0.1, -0.05) is 0 Å². The quantitative estimate of drug-likeness (QED) is 0.669. The summed E-state index contributed by atoms with van der Waals surface area (Å²) in [5.74, 6) is 0.406. The van der Waals surface area contributed by atoms with E-state index in [1.807, 2.05) is 0 Å². The van der Waals surface area contributed by atoms with Gasteiger partial charge in [0.2, 0.25) is 0 Å². The third-order valence-electron chi connectivity index (χ3n) is 1.51. The molecule has 0 saturated carbocycles. The summed E-state index contributed by atoms with van der Waals surface area (Å²) in [6, 6.07) is 1.76. The van der Waals surface area contributed by atoms with Gasteiger partial charge < -0.3 is 5.73 Å². The maximum Gasteiger partial charge on any atom is 0.193 e. The van der Waals surface area contributed by atoms with E-state index >= 15 is 0 Å². The number of anilines is 1. The maximum atomic E-state index is 5.62. The molecule has 2 aromatic heterocycles. The largest absolute Gasteiger partial charge is 0.383 e. The zero-order chi connectivity index (χ0) is 10.7. The molecule has 0 radical (unpaired) electrons. The first kappa shape index (κ1) is 10.3. The van der Waals surface area contributed by atoms with Gasteiger partial charge in [-0.15, -0.1) is 0 Å². The fourth-order valence-corrected chi connectivity index (χ4v) is 2.00. The maximum absolute atomic E-state index is 5.62. The first-order valence-corrected chi connectivity index (χ1v) is 5.59.